The highest BCUT2D eigenvalue weighted by Crippen LogP contribution is 2.35. The van der Waals surface area contributed by atoms with Gasteiger partial charge >= 0.3 is 0 Å². The summed E-state index contributed by atoms with van der Waals surface area (Å²) in [6.45, 7) is 4.28. The fraction of sp³-hybridized carbons (Fsp3) is 0.630. The molecule has 3 aliphatic rings. The van der Waals surface area contributed by atoms with Gasteiger partial charge in [-0.2, -0.15) is 22.5 Å². The van der Waals surface area contributed by atoms with Crippen molar-refractivity contribution in [2.45, 2.75) is 50.2 Å². The largest absolute Gasteiger partial charge is 0.378 e. The molecule has 0 amide bonds. The van der Waals surface area contributed by atoms with Crippen molar-refractivity contribution < 1.29 is 17.5 Å². The van der Waals surface area contributed by atoms with Gasteiger partial charge in [0.25, 0.3) is 10.2 Å². The van der Waals surface area contributed by atoms with E-state index in [1.54, 1.807) is 22.6 Å². The minimum Gasteiger partial charge on any atom is -0.378 e. The van der Waals surface area contributed by atoms with E-state index < -0.39 is 10.2 Å². The van der Waals surface area contributed by atoms with E-state index in [4.69, 9.17) is 4.74 Å². The molecule has 0 bridgehead atoms. The van der Waals surface area contributed by atoms with Crippen LogP contribution in [0.25, 0.3) is 0 Å². The number of hydrogen-bond acceptors (Lipinski definition) is 7. The van der Waals surface area contributed by atoms with Crippen LogP contribution >= 0.6 is 0 Å². The summed E-state index contributed by atoms with van der Waals surface area (Å²) in [6, 6.07) is 10.5. The average molecular weight is 547 g/mol. The second-order valence-electron chi connectivity index (χ2n) is 10.9. The molecule has 0 spiro atoms. The van der Waals surface area contributed by atoms with Crippen molar-refractivity contribution in [3.8, 4) is 0 Å². The molecule has 2 aliphatic heterocycles. The van der Waals surface area contributed by atoms with Crippen LogP contribution in [-0.4, -0.2) is 92.9 Å². The first-order valence-corrected chi connectivity index (χ1v) is 15.2. The number of hydrogen-bond donors (Lipinski definition) is 1. The second-order valence-corrected chi connectivity index (χ2v) is 12.6. The maximum atomic E-state index is 13.7. The van der Waals surface area contributed by atoms with Crippen LogP contribution < -0.4 is 9.62 Å². The Morgan fingerprint density at radius 3 is 2.53 bits per heavy atom. The Hall–Kier alpha value is -2.18. The van der Waals surface area contributed by atoms with Gasteiger partial charge in [0.1, 0.15) is 5.82 Å². The number of rotatable bonds is 8. The van der Waals surface area contributed by atoms with Gasteiger partial charge in [-0.05, 0) is 74.9 Å². The van der Waals surface area contributed by atoms with Crippen molar-refractivity contribution in [2.24, 2.45) is 5.92 Å². The standard InChI is InChI=1S/C27H39FN6O3S/c1-32-14-16-34(17-15-32)38(35,36)31-26-11-13-33(27-6-3-12-29-30-27)19-23(26)20-37-25-9-7-21(8-10-25)22-4-2-5-24(28)18-22/h2-6,12,18,21,23,25-26,31H,7-11,13-17,19-20H2,1H3/t21?,23-,25?,26-/m0/s1. The van der Waals surface area contributed by atoms with E-state index in [0.717, 1.165) is 50.2 Å². The molecular formula is C27H39FN6O3S. The van der Waals surface area contributed by atoms with Crippen molar-refractivity contribution >= 4 is 16.0 Å². The van der Waals surface area contributed by atoms with Gasteiger partial charge in [-0.3, -0.25) is 0 Å². The summed E-state index contributed by atoms with van der Waals surface area (Å²) in [6.07, 6.45) is 6.21. The number of aromatic nitrogens is 2. The maximum absolute atomic E-state index is 13.7. The number of benzene rings is 1. The van der Waals surface area contributed by atoms with Crippen LogP contribution in [-0.2, 0) is 14.9 Å². The second kappa shape index (κ2) is 12.3. The first-order valence-electron chi connectivity index (χ1n) is 13.7. The highest BCUT2D eigenvalue weighted by atomic mass is 32.2. The van der Waals surface area contributed by atoms with Crippen molar-refractivity contribution in [2.75, 3.05) is 57.8 Å². The first-order chi connectivity index (χ1) is 18.4. The van der Waals surface area contributed by atoms with Gasteiger partial charge in [0, 0.05) is 57.4 Å². The van der Waals surface area contributed by atoms with Crippen LogP contribution in [0.4, 0.5) is 10.2 Å². The molecule has 0 unspecified atom stereocenters. The lowest BCUT2D eigenvalue weighted by atomic mass is 9.82. The SMILES string of the molecule is CN1CCN(S(=O)(=O)N[C@H]2CCN(c3cccnn3)C[C@H]2COC2CCC(c3cccc(F)c3)CC2)CC1. The summed E-state index contributed by atoms with van der Waals surface area (Å²) in [4.78, 5) is 4.31. The van der Waals surface area contributed by atoms with E-state index in [9.17, 15) is 12.8 Å². The van der Waals surface area contributed by atoms with Crippen molar-refractivity contribution in [3.63, 3.8) is 0 Å². The maximum Gasteiger partial charge on any atom is 0.279 e. The van der Waals surface area contributed by atoms with Crippen molar-refractivity contribution in [1.29, 1.82) is 0 Å². The molecule has 1 aromatic carbocycles. The van der Waals surface area contributed by atoms with Crippen LogP contribution in [0.1, 0.15) is 43.6 Å². The molecule has 0 radical (unpaired) electrons. The lowest BCUT2D eigenvalue weighted by Crippen LogP contribution is -2.57. The van der Waals surface area contributed by atoms with E-state index in [0.29, 0.717) is 45.1 Å². The third-order valence-electron chi connectivity index (χ3n) is 8.26. The third kappa shape index (κ3) is 6.87. The summed E-state index contributed by atoms with van der Waals surface area (Å²) >= 11 is 0. The number of halogens is 1. The molecular weight excluding hydrogens is 507 g/mol. The van der Waals surface area contributed by atoms with Crippen LogP contribution in [0.3, 0.4) is 0 Å². The molecule has 1 N–H and O–H groups in total. The fourth-order valence-corrected chi connectivity index (χ4v) is 7.39. The Labute approximate surface area is 225 Å². The van der Waals surface area contributed by atoms with Gasteiger partial charge in [-0.25, -0.2) is 4.39 Å². The number of piperazine rings is 1. The molecule has 2 aromatic rings. The first kappa shape index (κ1) is 27.4. The minimum absolute atomic E-state index is 0.0195. The summed E-state index contributed by atoms with van der Waals surface area (Å²) in [5.41, 5.74) is 1.06. The molecule has 3 fully saturated rings. The number of anilines is 1. The van der Waals surface area contributed by atoms with E-state index in [1.165, 1.54) is 6.07 Å². The number of ether oxygens (including phenoxy) is 1. The number of nitrogens with one attached hydrogen (secondary N) is 1. The predicted octanol–water partition coefficient (Wildman–Crippen LogP) is 2.64. The smallest absolute Gasteiger partial charge is 0.279 e. The quantitative estimate of drug-likeness (QED) is 0.544. The van der Waals surface area contributed by atoms with Gasteiger partial charge in [0.05, 0.1) is 12.7 Å². The highest BCUT2D eigenvalue weighted by molar-refractivity contribution is 7.87. The summed E-state index contributed by atoms with van der Waals surface area (Å²) in [7, 11) is -1.57. The molecule has 3 heterocycles. The number of piperidine rings is 1. The zero-order valence-electron chi connectivity index (χ0n) is 22.1. The molecule has 11 heteroatoms. The molecule has 1 aromatic heterocycles. The Bertz CT molecular complexity index is 1140. The third-order valence-corrected chi connectivity index (χ3v) is 9.90. The molecule has 208 valence electrons. The van der Waals surface area contributed by atoms with Crippen LogP contribution in [0.15, 0.2) is 42.6 Å². The molecule has 2 atom stereocenters. The summed E-state index contributed by atoms with van der Waals surface area (Å²) in [5.74, 6) is 0.953. The average Bonchev–Trinajstić information content (AvgIpc) is 2.93. The molecule has 38 heavy (non-hydrogen) atoms. The zero-order chi connectivity index (χ0) is 26.5. The topological polar surface area (TPSA) is 90.9 Å². The van der Waals surface area contributed by atoms with Gasteiger partial charge in [-0.15, -0.1) is 5.10 Å². The Balaban J connectivity index is 1.21. The van der Waals surface area contributed by atoms with Gasteiger partial charge in [-0.1, -0.05) is 12.1 Å². The fourth-order valence-electron chi connectivity index (χ4n) is 5.90. The van der Waals surface area contributed by atoms with Crippen LogP contribution in [0, 0.1) is 11.7 Å². The predicted molar refractivity (Wildman–Crippen MR) is 145 cm³/mol. The van der Waals surface area contributed by atoms with Gasteiger partial charge in [0.15, 0.2) is 5.82 Å². The van der Waals surface area contributed by atoms with E-state index in [2.05, 4.69) is 24.7 Å². The normalized spacial score (nSPS) is 27.9. The molecule has 1 saturated carbocycles. The molecule has 9 nitrogen and oxygen atoms in total. The number of likely N-dealkylation sites (N-methyl/N-ethyl adjacent to an activating group) is 1. The van der Waals surface area contributed by atoms with Crippen molar-refractivity contribution in [1.82, 2.24) is 24.1 Å². The van der Waals surface area contributed by atoms with E-state index in [-0.39, 0.29) is 23.9 Å². The molecule has 5 rings (SSSR count). The van der Waals surface area contributed by atoms with E-state index in [1.807, 2.05) is 25.2 Å². The van der Waals surface area contributed by atoms with Crippen LogP contribution in [0.5, 0.6) is 0 Å². The highest BCUT2D eigenvalue weighted by Gasteiger charge is 2.36. The Morgan fingerprint density at radius 1 is 1.03 bits per heavy atom. The lowest BCUT2D eigenvalue weighted by Gasteiger charge is -2.41. The summed E-state index contributed by atoms with van der Waals surface area (Å²) in [5, 5.41) is 8.29. The van der Waals surface area contributed by atoms with Crippen LogP contribution in [0.2, 0.25) is 0 Å². The van der Waals surface area contributed by atoms with Gasteiger partial charge in [0.2, 0.25) is 0 Å². The molecule has 2 saturated heterocycles. The monoisotopic (exact) mass is 546 g/mol. The number of nitrogens with zero attached hydrogens (tertiary/aromatic N) is 5. The Kier molecular flexibility index (Phi) is 8.89. The zero-order valence-corrected chi connectivity index (χ0v) is 22.9. The minimum atomic E-state index is -3.58. The van der Waals surface area contributed by atoms with Gasteiger partial charge < -0.3 is 14.5 Å². The van der Waals surface area contributed by atoms with Crippen molar-refractivity contribution in [3.05, 3.63) is 54.0 Å². The molecule has 1 aliphatic carbocycles. The lowest BCUT2D eigenvalue weighted by molar-refractivity contribution is -0.00229. The Morgan fingerprint density at radius 2 is 1.82 bits per heavy atom. The van der Waals surface area contributed by atoms with E-state index >= 15 is 0 Å². The summed E-state index contributed by atoms with van der Waals surface area (Å²) < 4.78 is 51.2.